The van der Waals surface area contributed by atoms with Crippen molar-refractivity contribution in [3.05, 3.63) is 71.0 Å². The van der Waals surface area contributed by atoms with Crippen molar-refractivity contribution in [3.63, 3.8) is 0 Å². The minimum Gasteiger partial charge on any atom is -0.348 e. The molecule has 4 aliphatic rings. The van der Waals surface area contributed by atoms with Crippen molar-refractivity contribution in [1.29, 1.82) is 0 Å². The highest BCUT2D eigenvalue weighted by molar-refractivity contribution is 7.99. The van der Waals surface area contributed by atoms with Crippen LogP contribution in [0.25, 0.3) is 0 Å². The molecule has 2 N–H and O–H groups in total. The summed E-state index contributed by atoms with van der Waals surface area (Å²) >= 11 is 1.37. The number of benzene rings is 2. The lowest BCUT2D eigenvalue weighted by atomic mass is 9.49. The molecule has 4 aliphatic carbocycles. The molecule has 2 aromatic carbocycles. The van der Waals surface area contributed by atoms with Gasteiger partial charge < -0.3 is 15.2 Å². The lowest BCUT2D eigenvalue weighted by molar-refractivity contribution is -0.146. The molecule has 39 heavy (non-hydrogen) atoms. The molecular formula is C31H37N5O2S. The zero-order valence-corrected chi connectivity index (χ0v) is 23.6. The van der Waals surface area contributed by atoms with Gasteiger partial charge in [0.15, 0.2) is 11.0 Å². The first kappa shape index (κ1) is 26.1. The number of aryl methyl sites for hydroxylation is 2. The van der Waals surface area contributed by atoms with Crippen molar-refractivity contribution in [2.24, 2.45) is 23.2 Å². The summed E-state index contributed by atoms with van der Waals surface area (Å²) < 4.78 is 2.03. The Balaban J connectivity index is 1.14. The van der Waals surface area contributed by atoms with Crippen molar-refractivity contribution in [2.75, 3.05) is 11.1 Å². The van der Waals surface area contributed by atoms with E-state index in [0.717, 1.165) is 59.4 Å². The second-order valence-corrected chi connectivity index (χ2v) is 12.9. The summed E-state index contributed by atoms with van der Waals surface area (Å²) in [6, 6.07) is 16.2. The van der Waals surface area contributed by atoms with E-state index in [1.54, 1.807) is 0 Å². The maximum atomic E-state index is 13.6. The van der Waals surface area contributed by atoms with Gasteiger partial charge in [0.2, 0.25) is 11.8 Å². The molecule has 7 nitrogen and oxygen atoms in total. The van der Waals surface area contributed by atoms with Gasteiger partial charge >= 0.3 is 0 Å². The topological polar surface area (TPSA) is 88.9 Å². The molecule has 0 unspecified atom stereocenters. The average Bonchev–Trinajstić information content (AvgIpc) is 3.28. The van der Waals surface area contributed by atoms with E-state index >= 15 is 0 Å². The Hall–Kier alpha value is -3.13. The number of carbonyl (C=O) groups is 2. The first-order valence-electron chi connectivity index (χ1n) is 14.1. The predicted molar refractivity (Wildman–Crippen MR) is 153 cm³/mol. The molecule has 204 valence electrons. The maximum Gasteiger partial charge on any atom is 0.234 e. The van der Waals surface area contributed by atoms with Gasteiger partial charge in [0.1, 0.15) is 0 Å². The van der Waals surface area contributed by atoms with Gasteiger partial charge in [-0.3, -0.25) is 9.59 Å². The van der Waals surface area contributed by atoms with E-state index in [0.29, 0.717) is 24.1 Å². The molecule has 4 saturated carbocycles. The van der Waals surface area contributed by atoms with E-state index in [1.807, 2.05) is 48.7 Å². The molecule has 4 fully saturated rings. The number of thioether (sulfide) groups is 1. The summed E-state index contributed by atoms with van der Waals surface area (Å²) in [4.78, 5) is 26.3. The van der Waals surface area contributed by atoms with Gasteiger partial charge in [-0.25, -0.2) is 0 Å². The van der Waals surface area contributed by atoms with E-state index < -0.39 is 0 Å². The fourth-order valence-electron chi connectivity index (χ4n) is 7.49. The third-order valence-corrected chi connectivity index (χ3v) is 9.86. The van der Waals surface area contributed by atoms with Gasteiger partial charge in [0.05, 0.1) is 18.8 Å². The number of hydrogen-bond donors (Lipinski definition) is 2. The smallest absolute Gasteiger partial charge is 0.234 e. The van der Waals surface area contributed by atoms with Crippen LogP contribution in [0.15, 0.2) is 53.7 Å². The van der Waals surface area contributed by atoms with E-state index in [4.69, 9.17) is 0 Å². The summed E-state index contributed by atoms with van der Waals surface area (Å²) in [6.45, 7) is 4.96. The fraction of sp³-hybridized carbons (Fsp3) is 0.484. The zero-order chi connectivity index (χ0) is 27.0. The van der Waals surface area contributed by atoms with Crippen LogP contribution in [-0.2, 0) is 22.7 Å². The largest absolute Gasteiger partial charge is 0.348 e. The Kier molecular flexibility index (Phi) is 7.23. The minimum atomic E-state index is -0.192. The summed E-state index contributed by atoms with van der Waals surface area (Å²) in [7, 11) is 0. The highest BCUT2D eigenvalue weighted by Gasteiger charge is 2.54. The number of aromatic nitrogens is 3. The summed E-state index contributed by atoms with van der Waals surface area (Å²) in [6.07, 6.45) is 7.06. The molecule has 8 heteroatoms. The lowest BCUT2D eigenvalue weighted by Gasteiger charge is -2.55. The molecule has 0 saturated heterocycles. The second-order valence-electron chi connectivity index (χ2n) is 12.0. The van der Waals surface area contributed by atoms with E-state index in [9.17, 15) is 9.59 Å². The highest BCUT2D eigenvalue weighted by Crippen LogP contribution is 2.60. The van der Waals surface area contributed by atoms with E-state index in [2.05, 4.69) is 39.0 Å². The van der Waals surface area contributed by atoms with Crippen molar-refractivity contribution in [3.8, 4) is 0 Å². The Morgan fingerprint density at radius 1 is 0.974 bits per heavy atom. The molecular weight excluding hydrogens is 506 g/mol. The standard InChI is InChI=1S/C31H37N5O2S/c1-20-8-9-26(21(2)10-20)33-28(37)19-39-30-35-34-27(36(30)18-22-6-4-3-5-7-22)17-32-29(38)31-14-23-11-24(15-31)13-25(12-23)16-31/h3-10,23-25H,11-19H2,1-2H3,(H,32,38)(H,33,37). The van der Waals surface area contributed by atoms with Crippen molar-refractivity contribution in [1.82, 2.24) is 20.1 Å². The molecule has 0 atom stereocenters. The first-order valence-corrected chi connectivity index (χ1v) is 15.1. The Morgan fingerprint density at radius 3 is 2.33 bits per heavy atom. The fourth-order valence-corrected chi connectivity index (χ4v) is 8.24. The summed E-state index contributed by atoms with van der Waals surface area (Å²) in [5, 5.41) is 15.8. The third-order valence-electron chi connectivity index (χ3n) is 8.89. The molecule has 0 radical (unpaired) electrons. The monoisotopic (exact) mass is 543 g/mol. The SMILES string of the molecule is Cc1ccc(NC(=O)CSc2nnc(CNC(=O)C34CC5CC(CC(C5)C3)C4)n2Cc2ccccc2)c(C)c1. The van der Waals surface area contributed by atoms with Gasteiger partial charge in [-0.2, -0.15) is 0 Å². The van der Waals surface area contributed by atoms with Gasteiger partial charge in [0.25, 0.3) is 0 Å². The summed E-state index contributed by atoms with van der Waals surface area (Å²) in [5.74, 6) is 3.22. The Morgan fingerprint density at radius 2 is 1.67 bits per heavy atom. The van der Waals surface area contributed by atoms with Gasteiger partial charge in [0, 0.05) is 11.1 Å². The molecule has 7 rings (SSSR count). The summed E-state index contributed by atoms with van der Waals surface area (Å²) in [5.41, 5.74) is 3.95. The lowest BCUT2D eigenvalue weighted by Crippen LogP contribution is -2.53. The van der Waals surface area contributed by atoms with Crippen LogP contribution in [0.3, 0.4) is 0 Å². The number of anilines is 1. The van der Waals surface area contributed by atoms with Crippen molar-refractivity contribution < 1.29 is 9.59 Å². The number of nitrogens with one attached hydrogen (secondary N) is 2. The minimum absolute atomic E-state index is 0.0853. The quantitative estimate of drug-likeness (QED) is 0.348. The van der Waals surface area contributed by atoms with Gasteiger partial charge in [-0.15, -0.1) is 10.2 Å². The van der Waals surface area contributed by atoms with Crippen LogP contribution in [0.5, 0.6) is 0 Å². The normalized spacial score (nSPS) is 25.0. The molecule has 1 aromatic heterocycles. The number of rotatable bonds is 9. The van der Waals surface area contributed by atoms with Crippen LogP contribution in [-0.4, -0.2) is 32.3 Å². The molecule has 2 amide bonds. The van der Waals surface area contributed by atoms with Crippen LogP contribution in [0, 0.1) is 37.0 Å². The molecule has 3 aromatic rings. The van der Waals surface area contributed by atoms with Crippen LogP contribution in [0.2, 0.25) is 0 Å². The molecule has 0 aliphatic heterocycles. The van der Waals surface area contributed by atoms with Gasteiger partial charge in [-0.1, -0.05) is 59.8 Å². The molecule has 0 spiro atoms. The van der Waals surface area contributed by atoms with Crippen LogP contribution in [0.1, 0.15) is 61.0 Å². The molecule has 4 bridgehead atoms. The Labute approximate surface area is 234 Å². The van der Waals surface area contributed by atoms with E-state index in [1.165, 1.54) is 31.0 Å². The predicted octanol–water partition coefficient (Wildman–Crippen LogP) is 5.51. The zero-order valence-electron chi connectivity index (χ0n) is 22.8. The third kappa shape index (κ3) is 5.62. The molecule has 1 heterocycles. The van der Waals surface area contributed by atoms with E-state index in [-0.39, 0.29) is 23.0 Å². The van der Waals surface area contributed by atoms with Crippen molar-refractivity contribution >= 4 is 29.3 Å². The van der Waals surface area contributed by atoms with Crippen LogP contribution >= 0.6 is 11.8 Å². The number of hydrogen-bond acceptors (Lipinski definition) is 5. The van der Waals surface area contributed by atoms with Crippen LogP contribution < -0.4 is 10.6 Å². The Bertz CT molecular complexity index is 1330. The number of carbonyl (C=O) groups excluding carboxylic acids is 2. The number of nitrogens with zero attached hydrogens (tertiary/aromatic N) is 3. The highest BCUT2D eigenvalue weighted by atomic mass is 32.2. The maximum absolute atomic E-state index is 13.6. The van der Waals surface area contributed by atoms with Gasteiger partial charge in [-0.05, 0) is 87.3 Å². The second kappa shape index (κ2) is 10.8. The van der Waals surface area contributed by atoms with Crippen molar-refractivity contribution in [2.45, 2.75) is 70.6 Å². The van der Waals surface area contributed by atoms with Crippen LogP contribution in [0.4, 0.5) is 5.69 Å². The first-order chi connectivity index (χ1) is 18.9. The average molecular weight is 544 g/mol. The number of amides is 2.